The lowest BCUT2D eigenvalue weighted by molar-refractivity contribution is 0.304. The van der Waals surface area contributed by atoms with Crippen molar-refractivity contribution in [2.45, 2.75) is 6.61 Å². The van der Waals surface area contributed by atoms with E-state index in [1.165, 1.54) is 0 Å². The fourth-order valence-corrected chi connectivity index (χ4v) is 2.32. The second kappa shape index (κ2) is 6.59. The van der Waals surface area contributed by atoms with Crippen LogP contribution in [0.2, 0.25) is 5.02 Å². The lowest BCUT2D eigenvalue weighted by Crippen LogP contribution is -2.12. The molecule has 0 spiro atoms. The van der Waals surface area contributed by atoms with Crippen molar-refractivity contribution in [3.05, 3.63) is 58.6 Å². The maximum atomic E-state index is 6.09. The first kappa shape index (κ1) is 14.6. The number of ether oxygens (including phenoxy) is 2. The third kappa shape index (κ3) is 3.40. The molecule has 0 bridgehead atoms. The van der Waals surface area contributed by atoms with Gasteiger partial charge in [0.15, 0.2) is 0 Å². The first-order chi connectivity index (χ1) is 9.61. The van der Waals surface area contributed by atoms with Crippen LogP contribution in [0.3, 0.4) is 0 Å². The number of thiocarbonyl (C=S) groups is 1. The Morgan fingerprint density at radius 3 is 2.70 bits per heavy atom. The van der Waals surface area contributed by atoms with Gasteiger partial charge in [0.1, 0.15) is 23.1 Å². The minimum Gasteiger partial charge on any atom is -0.497 e. The first-order valence-electron chi connectivity index (χ1n) is 5.96. The molecule has 2 aromatic carbocycles. The Morgan fingerprint density at radius 2 is 2.00 bits per heavy atom. The van der Waals surface area contributed by atoms with Gasteiger partial charge >= 0.3 is 0 Å². The van der Waals surface area contributed by atoms with Gasteiger partial charge in [-0.3, -0.25) is 0 Å². The smallest absolute Gasteiger partial charge is 0.131 e. The fourth-order valence-electron chi connectivity index (χ4n) is 1.79. The summed E-state index contributed by atoms with van der Waals surface area (Å²) < 4.78 is 10.9. The Bertz CT molecular complexity index is 631. The van der Waals surface area contributed by atoms with Crippen molar-refractivity contribution >= 4 is 28.8 Å². The van der Waals surface area contributed by atoms with Gasteiger partial charge in [0.05, 0.1) is 17.7 Å². The van der Waals surface area contributed by atoms with E-state index in [0.717, 1.165) is 11.3 Å². The molecule has 2 rings (SSSR count). The van der Waals surface area contributed by atoms with E-state index in [-0.39, 0.29) is 4.99 Å². The number of hydrogen-bond acceptors (Lipinski definition) is 3. The van der Waals surface area contributed by atoms with Crippen molar-refractivity contribution in [3.8, 4) is 11.5 Å². The Hall–Kier alpha value is -1.78. The Balaban J connectivity index is 2.18. The van der Waals surface area contributed by atoms with E-state index >= 15 is 0 Å². The highest BCUT2D eigenvalue weighted by Crippen LogP contribution is 2.27. The molecule has 0 atom stereocenters. The molecule has 0 saturated heterocycles. The van der Waals surface area contributed by atoms with Crippen molar-refractivity contribution in [1.29, 1.82) is 0 Å². The maximum absolute atomic E-state index is 6.09. The molecule has 0 aliphatic carbocycles. The normalized spacial score (nSPS) is 10.1. The molecule has 2 N–H and O–H groups in total. The summed E-state index contributed by atoms with van der Waals surface area (Å²) >= 11 is 11.1. The summed E-state index contributed by atoms with van der Waals surface area (Å²) in [5.74, 6) is 1.36. The van der Waals surface area contributed by atoms with E-state index in [0.29, 0.717) is 22.9 Å². The zero-order chi connectivity index (χ0) is 14.5. The van der Waals surface area contributed by atoms with Gasteiger partial charge in [0, 0.05) is 0 Å². The van der Waals surface area contributed by atoms with E-state index < -0.39 is 0 Å². The molecule has 0 radical (unpaired) electrons. The second-order valence-corrected chi connectivity index (χ2v) is 4.96. The Kier molecular flexibility index (Phi) is 4.82. The third-order valence-corrected chi connectivity index (χ3v) is 3.27. The molecule has 0 amide bonds. The minimum absolute atomic E-state index is 0.219. The second-order valence-electron chi connectivity index (χ2n) is 4.12. The van der Waals surface area contributed by atoms with Gasteiger partial charge in [-0.1, -0.05) is 42.0 Å². The lowest BCUT2D eigenvalue weighted by Gasteiger charge is -2.12. The average Bonchev–Trinajstić information content (AvgIpc) is 2.45. The monoisotopic (exact) mass is 307 g/mol. The number of benzene rings is 2. The van der Waals surface area contributed by atoms with Gasteiger partial charge in [-0.25, -0.2) is 0 Å². The SMILES string of the molecule is COc1cccc(COc2cccc(Cl)c2C(N)=S)c1. The maximum Gasteiger partial charge on any atom is 0.131 e. The van der Waals surface area contributed by atoms with Crippen LogP contribution in [0.25, 0.3) is 0 Å². The van der Waals surface area contributed by atoms with E-state index in [4.69, 9.17) is 39.0 Å². The van der Waals surface area contributed by atoms with Gasteiger partial charge in [-0.2, -0.15) is 0 Å². The molecule has 0 aliphatic rings. The van der Waals surface area contributed by atoms with Gasteiger partial charge in [0.2, 0.25) is 0 Å². The minimum atomic E-state index is 0.219. The summed E-state index contributed by atoms with van der Waals surface area (Å²) in [7, 11) is 1.63. The van der Waals surface area contributed by atoms with Gasteiger partial charge in [-0.05, 0) is 29.8 Å². The van der Waals surface area contributed by atoms with Gasteiger partial charge in [0.25, 0.3) is 0 Å². The molecule has 3 nitrogen and oxygen atoms in total. The molecule has 0 saturated carbocycles. The largest absolute Gasteiger partial charge is 0.497 e. The van der Waals surface area contributed by atoms with Crippen LogP contribution in [0.15, 0.2) is 42.5 Å². The van der Waals surface area contributed by atoms with Crippen LogP contribution in [0.5, 0.6) is 11.5 Å². The van der Waals surface area contributed by atoms with Crippen LogP contribution in [0, 0.1) is 0 Å². The summed E-state index contributed by atoms with van der Waals surface area (Å²) in [6.45, 7) is 0.382. The zero-order valence-corrected chi connectivity index (χ0v) is 12.5. The number of rotatable bonds is 5. The van der Waals surface area contributed by atoms with Crippen LogP contribution in [0.4, 0.5) is 0 Å². The number of methoxy groups -OCH3 is 1. The highest BCUT2D eigenvalue weighted by atomic mass is 35.5. The molecule has 5 heteroatoms. The van der Waals surface area contributed by atoms with Gasteiger partial charge in [-0.15, -0.1) is 0 Å². The zero-order valence-electron chi connectivity index (χ0n) is 10.9. The average molecular weight is 308 g/mol. The highest BCUT2D eigenvalue weighted by molar-refractivity contribution is 7.80. The fraction of sp³-hybridized carbons (Fsp3) is 0.133. The molecule has 0 aromatic heterocycles. The van der Waals surface area contributed by atoms with Crippen molar-refractivity contribution in [2.24, 2.45) is 5.73 Å². The van der Waals surface area contributed by atoms with Crippen LogP contribution in [-0.4, -0.2) is 12.1 Å². The van der Waals surface area contributed by atoms with Crippen LogP contribution >= 0.6 is 23.8 Å². The predicted octanol–water partition coefficient (Wildman–Crippen LogP) is 3.56. The molecule has 0 aliphatic heterocycles. The number of nitrogens with two attached hydrogens (primary N) is 1. The van der Waals surface area contributed by atoms with E-state index in [1.807, 2.05) is 24.3 Å². The van der Waals surface area contributed by atoms with Gasteiger partial charge < -0.3 is 15.2 Å². The molecule has 0 fully saturated rings. The van der Waals surface area contributed by atoms with E-state index in [9.17, 15) is 0 Å². The molecular weight excluding hydrogens is 294 g/mol. The van der Waals surface area contributed by atoms with Crippen molar-refractivity contribution in [2.75, 3.05) is 7.11 Å². The summed E-state index contributed by atoms with van der Waals surface area (Å²) in [5, 5.41) is 0.487. The van der Waals surface area contributed by atoms with Crippen molar-refractivity contribution in [3.63, 3.8) is 0 Å². The molecular formula is C15H14ClNO2S. The predicted molar refractivity (Wildman–Crippen MR) is 84.7 cm³/mol. The Morgan fingerprint density at radius 1 is 1.25 bits per heavy atom. The lowest BCUT2D eigenvalue weighted by atomic mass is 10.2. The highest BCUT2D eigenvalue weighted by Gasteiger charge is 2.11. The summed E-state index contributed by atoms with van der Waals surface area (Å²) in [4.78, 5) is 0.219. The first-order valence-corrected chi connectivity index (χ1v) is 6.74. The molecule has 0 unspecified atom stereocenters. The quantitative estimate of drug-likeness (QED) is 0.858. The number of hydrogen-bond donors (Lipinski definition) is 1. The van der Waals surface area contributed by atoms with E-state index in [2.05, 4.69) is 0 Å². The van der Waals surface area contributed by atoms with Crippen molar-refractivity contribution in [1.82, 2.24) is 0 Å². The molecule has 104 valence electrons. The summed E-state index contributed by atoms with van der Waals surface area (Å²) in [6, 6.07) is 13.0. The van der Waals surface area contributed by atoms with Crippen molar-refractivity contribution < 1.29 is 9.47 Å². The van der Waals surface area contributed by atoms with Crippen LogP contribution < -0.4 is 15.2 Å². The summed E-state index contributed by atoms with van der Waals surface area (Å²) in [5.41, 5.74) is 7.22. The van der Waals surface area contributed by atoms with E-state index in [1.54, 1.807) is 25.3 Å². The number of halogens is 1. The Labute approximate surface area is 128 Å². The summed E-state index contributed by atoms with van der Waals surface area (Å²) in [6.07, 6.45) is 0. The topological polar surface area (TPSA) is 44.5 Å². The molecule has 20 heavy (non-hydrogen) atoms. The molecule has 2 aromatic rings. The van der Waals surface area contributed by atoms with Crippen LogP contribution in [0.1, 0.15) is 11.1 Å². The molecule has 0 heterocycles. The van der Waals surface area contributed by atoms with Crippen LogP contribution in [-0.2, 0) is 6.61 Å². The standard InChI is InChI=1S/C15H14ClNO2S/c1-18-11-5-2-4-10(8-11)9-19-13-7-3-6-12(16)14(13)15(17)20/h2-8H,9H2,1H3,(H2,17,20). The third-order valence-electron chi connectivity index (χ3n) is 2.75.